The molecule has 526 valence electrons. The smallest absolute Gasteiger partial charge is 0.306 e. The summed E-state index contributed by atoms with van der Waals surface area (Å²) in [6, 6.07) is 0. The van der Waals surface area contributed by atoms with Gasteiger partial charge in [-0.3, -0.25) is 9.59 Å². The first-order chi connectivity index (χ1) is 45.6. The van der Waals surface area contributed by atoms with E-state index in [1.54, 1.807) is 0 Å². The number of hydrogen-bond donors (Lipinski definition) is 0. The van der Waals surface area contributed by atoms with E-state index in [1.165, 1.54) is 103 Å². The fourth-order valence-corrected chi connectivity index (χ4v) is 9.85. The number of hydrogen-bond acceptors (Lipinski definition) is 8. The van der Waals surface area contributed by atoms with Crippen LogP contribution in [0.5, 0.6) is 0 Å². The number of carboxylic acid groups (broad SMARTS) is 1. The summed E-state index contributed by atoms with van der Waals surface area (Å²) in [7, 11) is 5.92. The van der Waals surface area contributed by atoms with E-state index >= 15 is 0 Å². The molecule has 9 nitrogen and oxygen atoms in total. The van der Waals surface area contributed by atoms with Crippen molar-refractivity contribution in [2.75, 3.05) is 47.5 Å². The van der Waals surface area contributed by atoms with Gasteiger partial charge in [-0.2, -0.15) is 0 Å². The summed E-state index contributed by atoms with van der Waals surface area (Å²) in [6.45, 7) is 4.50. The van der Waals surface area contributed by atoms with Gasteiger partial charge >= 0.3 is 11.9 Å². The van der Waals surface area contributed by atoms with E-state index in [9.17, 15) is 19.5 Å². The van der Waals surface area contributed by atoms with Crippen molar-refractivity contribution in [3.8, 4) is 0 Å². The summed E-state index contributed by atoms with van der Waals surface area (Å²) in [5, 5.41) is 11.8. The second kappa shape index (κ2) is 72.5. The standard InChI is InChI=1S/C84H137NO8/c1-6-8-10-12-14-16-18-20-22-24-26-28-30-32-34-35-36-37-38-39-40-41-42-43-44-45-46-47-49-51-53-55-57-59-61-63-65-67-69-71-73-75-82(87)93-80(79-92-84(83(88)89)90-77-76-85(3,4)5)78-91-81(86)74-72-70-68-66-64-62-60-58-56-54-52-50-48-33-31-29-27-25-23-21-19-17-15-13-11-9-7-2/h8-11,14-17,20-23,26-29,32-34,36-37,39-40,48,52,54,58,60,80,84H,6-7,12-13,18-19,24-25,30-31,35,38,41-47,49-51,53,55-57,59,61-79H2,1-5H3/b10-8-,11-9-,16-14-,17-15-,22-20-,23-21-,28-26-,29-27-,34-32-,37-36-,40-39-,48-33-,54-52-,60-58-. The highest BCUT2D eigenvalue weighted by atomic mass is 16.7. The molecule has 0 rings (SSSR count). The maximum absolute atomic E-state index is 13.0. The zero-order valence-electron chi connectivity index (χ0n) is 60.1. The first-order valence-corrected chi connectivity index (χ1v) is 37.3. The van der Waals surface area contributed by atoms with E-state index in [0.29, 0.717) is 23.9 Å². The van der Waals surface area contributed by atoms with Gasteiger partial charge in [0.1, 0.15) is 13.2 Å². The summed E-state index contributed by atoms with van der Waals surface area (Å²) in [6.07, 6.45) is 106. The first kappa shape index (κ1) is 87.7. The molecule has 0 spiro atoms. The first-order valence-electron chi connectivity index (χ1n) is 37.3. The van der Waals surface area contributed by atoms with Crippen LogP contribution in [0.15, 0.2) is 170 Å². The highest BCUT2D eigenvalue weighted by Crippen LogP contribution is 2.17. The van der Waals surface area contributed by atoms with Gasteiger partial charge in [0, 0.05) is 12.8 Å². The van der Waals surface area contributed by atoms with E-state index in [2.05, 4.69) is 184 Å². The van der Waals surface area contributed by atoms with Crippen LogP contribution in [0, 0.1) is 0 Å². The van der Waals surface area contributed by atoms with Crippen molar-refractivity contribution in [1.29, 1.82) is 0 Å². The monoisotopic (exact) mass is 1290 g/mol. The molecular formula is C84H137NO8. The third-order valence-electron chi connectivity index (χ3n) is 15.5. The molecule has 0 aliphatic rings. The fourth-order valence-electron chi connectivity index (χ4n) is 9.85. The SMILES string of the molecule is CC/C=C\C/C=C\C/C=C\C/C=C\C/C=C\C/C=C\C/C=C\CCCCCCCCCCCCCCCCCCCCCC(=O)OC(COC(=O)CCCCCCC/C=C\C/C=C\C/C=C\C/C=C\C/C=C\C/C=C\C/C=C\CC)COC(OCC[N+](C)(C)C)C(=O)[O-]. The van der Waals surface area contributed by atoms with Gasteiger partial charge in [-0.15, -0.1) is 0 Å². The molecule has 0 bridgehead atoms. The molecule has 0 aromatic carbocycles. The third-order valence-corrected chi connectivity index (χ3v) is 15.5. The average Bonchev–Trinajstić information content (AvgIpc) is 3.38. The Hall–Kier alpha value is -5.35. The normalized spacial score (nSPS) is 13.7. The van der Waals surface area contributed by atoms with Crippen molar-refractivity contribution in [3.05, 3.63) is 170 Å². The number of rotatable bonds is 67. The van der Waals surface area contributed by atoms with E-state index in [0.717, 1.165) is 141 Å². The largest absolute Gasteiger partial charge is 0.545 e. The molecule has 2 unspecified atom stereocenters. The van der Waals surface area contributed by atoms with Gasteiger partial charge in [-0.05, 0) is 128 Å². The van der Waals surface area contributed by atoms with E-state index < -0.39 is 24.3 Å². The number of esters is 2. The number of carbonyl (C=O) groups is 3. The van der Waals surface area contributed by atoms with Gasteiger partial charge in [0.2, 0.25) is 0 Å². The van der Waals surface area contributed by atoms with E-state index in [-0.39, 0.29) is 38.6 Å². The van der Waals surface area contributed by atoms with Crippen LogP contribution in [0.3, 0.4) is 0 Å². The van der Waals surface area contributed by atoms with Gasteiger partial charge in [-0.25, -0.2) is 0 Å². The van der Waals surface area contributed by atoms with Crippen LogP contribution in [-0.2, 0) is 33.3 Å². The third kappa shape index (κ3) is 73.9. The summed E-state index contributed by atoms with van der Waals surface area (Å²) in [4.78, 5) is 37.5. The number of carbonyl (C=O) groups excluding carboxylic acids is 3. The molecule has 0 N–H and O–H groups in total. The van der Waals surface area contributed by atoms with Crippen molar-refractivity contribution >= 4 is 17.9 Å². The molecule has 0 radical (unpaired) electrons. The summed E-state index contributed by atoms with van der Waals surface area (Å²) in [5.41, 5.74) is 0. The quantitative estimate of drug-likeness (QED) is 0.0195. The van der Waals surface area contributed by atoms with Crippen molar-refractivity contribution in [2.24, 2.45) is 0 Å². The van der Waals surface area contributed by atoms with Gasteiger partial charge < -0.3 is 33.3 Å². The molecule has 0 amide bonds. The number of ether oxygens (including phenoxy) is 4. The van der Waals surface area contributed by atoms with Gasteiger partial charge in [0.25, 0.3) is 0 Å². The lowest BCUT2D eigenvalue weighted by molar-refractivity contribution is -0.870. The predicted molar refractivity (Wildman–Crippen MR) is 398 cm³/mol. The lowest BCUT2D eigenvalue weighted by atomic mass is 10.0. The Morgan fingerprint density at radius 3 is 0.860 bits per heavy atom. The molecule has 0 heterocycles. The highest BCUT2D eigenvalue weighted by molar-refractivity contribution is 5.70. The van der Waals surface area contributed by atoms with Crippen molar-refractivity contribution in [2.45, 2.75) is 296 Å². The molecule has 2 atom stereocenters. The van der Waals surface area contributed by atoms with Gasteiger partial charge in [0.05, 0.1) is 40.3 Å². The molecule has 0 fully saturated rings. The minimum absolute atomic E-state index is 0.137. The number of nitrogens with zero attached hydrogens (tertiary/aromatic N) is 1. The topological polar surface area (TPSA) is 111 Å². The van der Waals surface area contributed by atoms with Crippen LogP contribution in [-0.4, -0.2) is 82.3 Å². The molecular weight excluding hydrogens is 1150 g/mol. The Morgan fingerprint density at radius 2 is 0.581 bits per heavy atom. The van der Waals surface area contributed by atoms with Crippen molar-refractivity contribution in [1.82, 2.24) is 0 Å². The van der Waals surface area contributed by atoms with Crippen LogP contribution in [0.1, 0.15) is 284 Å². The van der Waals surface area contributed by atoms with Crippen LogP contribution in [0.2, 0.25) is 0 Å². The number of likely N-dealkylation sites (N-methyl/N-ethyl adjacent to an activating group) is 1. The number of aliphatic carboxylic acids is 1. The minimum Gasteiger partial charge on any atom is -0.545 e. The van der Waals surface area contributed by atoms with Crippen LogP contribution in [0.25, 0.3) is 0 Å². The maximum atomic E-state index is 13.0. The van der Waals surface area contributed by atoms with Gasteiger partial charge in [-0.1, -0.05) is 312 Å². The maximum Gasteiger partial charge on any atom is 0.306 e. The summed E-state index contributed by atoms with van der Waals surface area (Å²) in [5.74, 6) is -2.31. The van der Waals surface area contributed by atoms with Crippen molar-refractivity contribution < 1.29 is 42.9 Å². The zero-order valence-corrected chi connectivity index (χ0v) is 60.1. The lowest BCUT2D eigenvalue weighted by Crippen LogP contribution is -2.44. The fraction of sp³-hybridized carbons (Fsp3) is 0.631. The van der Waals surface area contributed by atoms with Crippen LogP contribution in [0.4, 0.5) is 0 Å². The number of unbranched alkanes of at least 4 members (excludes halogenated alkanes) is 24. The second-order valence-corrected chi connectivity index (χ2v) is 25.5. The molecule has 0 aliphatic carbocycles. The Bertz CT molecular complexity index is 2140. The number of allylic oxidation sites excluding steroid dienone is 28. The number of carboxylic acids is 1. The average molecular weight is 1290 g/mol. The summed E-state index contributed by atoms with van der Waals surface area (Å²) < 4.78 is 22.8. The molecule has 9 heteroatoms. The second-order valence-electron chi connectivity index (χ2n) is 25.5. The Labute approximate surface area is 571 Å². The van der Waals surface area contributed by atoms with Crippen LogP contribution >= 0.6 is 0 Å². The summed E-state index contributed by atoms with van der Waals surface area (Å²) >= 11 is 0. The Kier molecular flexibility index (Phi) is 68.3. The molecule has 0 aromatic heterocycles. The highest BCUT2D eigenvalue weighted by Gasteiger charge is 2.22. The van der Waals surface area contributed by atoms with E-state index in [1.807, 2.05) is 21.1 Å². The molecule has 0 saturated carbocycles. The van der Waals surface area contributed by atoms with Gasteiger partial charge in [0.15, 0.2) is 12.4 Å². The Morgan fingerprint density at radius 1 is 0.323 bits per heavy atom. The van der Waals surface area contributed by atoms with Crippen LogP contribution < -0.4 is 5.11 Å². The zero-order chi connectivity index (χ0) is 67.5. The molecule has 93 heavy (non-hydrogen) atoms. The number of quaternary nitrogens is 1. The Balaban J connectivity index is 4.11. The lowest BCUT2D eigenvalue weighted by Gasteiger charge is -2.26. The minimum atomic E-state index is -1.64. The van der Waals surface area contributed by atoms with E-state index in [4.69, 9.17) is 18.9 Å². The van der Waals surface area contributed by atoms with Crippen molar-refractivity contribution in [3.63, 3.8) is 0 Å². The predicted octanol–water partition coefficient (Wildman–Crippen LogP) is 22.5. The molecule has 0 saturated heterocycles. The molecule has 0 aliphatic heterocycles. The molecule has 0 aromatic rings.